The Labute approximate surface area is 102 Å². The summed E-state index contributed by atoms with van der Waals surface area (Å²) in [5.74, 6) is -0.219. The van der Waals surface area contributed by atoms with Crippen LogP contribution >= 0.6 is 0 Å². The molecule has 0 saturated heterocycles. The first-order chi connectivity index (χ1) is 7.81. The van der Waals surface area contributed by atoms with E-state index in [1.165, 1.54) is 0 Å². The third-order valence-electron chi connectivity index (χ3n) is 2.65. The van der Waals surface area contributed by atoms with E-state index >= 15 is 0 Å². The second kappa shape index (κ2) is 5.64. The summed E-state index contributed by atoms with van der Waals surface area (Å²) in [6, 6.07) is 2.13. The minimum absolute atomic E-state index is 0.219. The van der Waals surface area contributed by atoms with Gasteiger partial charge in [0.25, 0.3) is 0 Å². The molecule has 0 amide bonds. The molecule has 0 fully saturated rings. The minimum atomic E-state index is -3.14. The minimum Gasteiger partial charge on any atom is -0.392 e. The molecule has 1 aromatic rings. The first-order valence-electron chi connectivity index (χ1n) is 5.71. The Kier molecular flexibility index (Phi) is 4.70. The molecule has 5 nitrogen and oxygen atoms in total. The number of aliphatic hydroxyl groups is 1. The van der Waals surface area contributed by atoms with Crippen molar-refractivity contribution in [2.24, 2.45) is 0 Å². The number of hydrogen-bond donors (Lipinski definition) is 1. The maximum atomic E-state index is 11.0. The largest absolute Gasteiger partial charge is 0.392 e. The fourth-order valence-electron chi connectivity index (χ4n) is 1.57. The number of nitrogens with zero attached hydrogens (tertiary/aromatic N) is 2. The lowest BCUT2D eigenvalue weighted by Gasteiger charge is -2.09. The predicted molar refractivity (Wildman–Crippen MR) is 66.7 cm³/mol. The monoisotopic (exact) mass is 260 g/mol. The zero-order chi connectivity index (χ0) is 13.1. The summed E-state index contributed by atoms with van der Waals surface area (Å²) < 4.78 is 23.8. The van der Waals surface area contributed by atoms with E-state index in [4.69, 9.17) is 0 Å². The van der Waals surface area contributed by atoms with Crippen LogP contribution in [0.25, 0.3) is 0 Å². The molecular weight excluding hydrogens is 240 g/mol. The summed E-state index contributed by atoms with van der Waals surface area (Å²) in [5, 5.41) is 13.9. The van der Waals surface area contributed by atoms with Gasteiger partial charge in [0.1, 0.15) is 9.84 Å². The van der Waals surface area contributed by atoms with Crippen LogP contribution in [0.1, 0.15) is 32.0 Å². The van der Waals surface area contributed by atoms with Crippen LogP contribution in [-0.4, -0.2) is 41.4 Å². The van der Waals surface area contributed by atoms with Gasteiger partial charge in [-0.3, -0.25) is 4.68 Å². The molecule has 0 radical (unpaired) electrons. The Morgan fingerprint density at radius 2 is 2.18 bits per heavy atom. The van der Waals surface area contributed by atoms with Crippen molar-refractivity contribution in [3.8, 4) is 0 Å². The SMILES string of the molecule is CCC(C)n1ccc(CC(O)CS(C)(=O)=O)n1. The van der Waals surface area contributed by atoms with Crippen molar-refractivity contribution >= 4 is 9.84 Å². The van der Waals surface area contributed by atoms with Crippen LogP contribution in [0.5, 0.6) is 0 Å². The van der Waals surface area contributed by atoms with Crippen LogP contribution in [0, 0.1) is 0 Å². The van der Waals surface area contributed by atoms with Gasteiger partial charge in [0.15, 0.2) is 0 Å². The van der Waals surface area contributed by atoms with Crippen LogP contribution < -0.4 is 0 Å². The molecule has 1 rings (SSSR count). The van der Waals surface area contributed by atoms with Gasteiger partial charge in [-0.2, -0.15) is 5.10 Å². The second-order valence-corrected chi connectivity index (χ2v) is 6.68. The van der Waals surface area contributed by atoms with Crippen molar-refractivity contribution in [3.05, 3.63) is 18.0 Å². The molecule has 0 bridgehead atoms. The topological polar surface area (TPSA) is 72.2 Å². The summed E-state index contributed by atoms with van der Waals surface area (Å²) in [4.78, 5) is 0. The van der Waals surface area contributed by atoms with E-state index in [1.807, 2.05) is 16.9 Å². The van der Waals surface area contributed by atoms with Crippen molar-refractivity contribution in [1.29, 1.82) is 0 Å². The Morgan fingerprint density at radius 3 is 2.71 bits per heavy atom. The van der Waals surface area contributed by atoms with E-state index in [1.54, 1.807) is 0 Å². The maximum Gasteiger partial charge on any atom is 0.150 e. The maximum absolute atomic E-state index is 11.0. The van der Waals surface area contributed by atoms with Crippen LogP contribution in [0.4, 0.5) is 0 Å². The van der Waals surface area contributed by atoms with Gasteiger partial charge in [-0.1, -0.05) is 6.92 Å². The Balaban J connectivity index is 2.60. The summed E-state index contributed by atoms with van der Waals surface area (Å²) >= 11 is 0. The molecule has 0 aliphatic carbocycles. The molecule has 17 heavy (non-hydrogen) atoms. The van der Waals surface area contributed by atoms with Crippen molar-refractivity contribution in [2.75, 3.05) is 12.0 Å². The second-order valence-electron chi connectivity index (χ2n) is 4.49. The van der Waals surface area contributed by atoms with E-state index in [9.17, 15) is 13.5 Å². The van der Waals surface area contributed by atoms with Gasteiger partial charge < -0.3 is 5.11 Å². The Hall–Kier alpha value is -0.880. The quantitative estimate of drug-likeness (QED) is 0.821. The molecule has 0 aromatic carbocycles. The van der Waals surface area contributed by atoms with Crippen LogP contribution in [0.2, 0.25) is 0 Å². The molecule has 2 unspecified atom stereocenters. The highest BCUT2D eigenvalue weighted by molar-refractivity contribution is 7.90. The molecule has 0 aliphatic rings. The standard InChI is InChI=1S/C11H20N2O3S/c1-4-9(2)13-6-5-10(12-13)7-11(14)8-17(3,15)16/h5-6,9,11,14H,4,7-8H2,1-3H3. The van der Waals surface area contributed by atoms with Gasteiger partial charge in [-0.15, -0.1) is 0 Å². The normalized spacial score (nSPS) is 15.8. The molecule has 0 saturated carbocycles. The average Bonchev–Trinajstić information content (AvgIpc) is 2.62. The van der Waals surface area contributed by atoms with Crippen molar-refractivity contribution in [3.63, 3.8) is 0 Å². The fourth-order valence-corrected chi connectivity index (χ4v) is 2.39. The number of hydrogen-bond acceptors (Lipinski definition) is 4. The van der Waals surface area contributed by atoms with Crippen molar-refractivity contribution in [1.82, 2.24) is 9.78 Å². The highest BCUT2D eigenvalue weighted by Gasteiger charge is 2.14. The zero-order valence-corrected chi connectivity index (χ0v) is 11.3. The van der Waals surface area contributed by atoms with Crippen LogP contribution in [0.3, 0.4) is 0 Å². The van der Waals surface area contributed by atoms with Gasteiger partial charge in [0, 0.05) is 24.9 Å². The lowest BCUT2D eigenvalue weighted by molar-refractivity contribution is 0.196. The molecule has 1 N–H and O–H groups in total. The van der Waals surface area contributed by atoms with Crippen molar-refractivity contribution < 1.29 is 13.5 Å². The fraction of sp³-hybridized carbons (Fsp3) is 0.727. The van der Waals surface area contributed by atoms with E-state index < -0.39 is 15.9 Å². The number of aliphatic hydroxyl groups excluding tert-OH is 1. The van der Waals surface area contributed by atoms with Crippen molar-refractivity contribution in [2.45, 2.75) is 38.8 Å². The van der Waals surface area contributed by atoms with Gasteiger partial charge in [-0.05, 0) is 19.4 Å². The lowest BCUT2D eigenvalue weighted by Crippen LogP contribution is -2.22. The molecule has 98 valence electrons. The van der Waals surface area contributed by atoms with Gasteiger partial charge in [0.2, 0.25) is 0 Å². The molecule has 6 heteroatoms. The Morgan fingerprint density at radius 1 is 1.53 bits per heavy atom. The summed E-state index contributed by atoms with van der Waals surface area (Å²) in [6.45, 7) is 4.13. The zero-order valence-electron chi connectivity index (χ0n) is 10.5. The van der Waals surface area contributed by atoms with Gasteiger partial charge in [-0.25, -0.2) is 8.42 Å². The van der Waals surface area contributed by atoms with E-state index in [0.717, 1.165) is 18.4 Å². The summed E-state index contributed by atoms with van der Waals surface area (Å²) in [6.07, 6.45) is 3.35. The molecule has 2 atom stereocenters. The highest BCUT2D eigenvalue weighted by Crippen LogP contribution is 2.10. The van der Waals surface area contributed by atoms with Gasteiger partial charge in [0.05, 0.1) is 17.6 Å². The number of sulfone groups is 1. The summed E-state index contributed by atoms with van der Waals surface area (Å²) in [5.41, 5.74) is 0.724. The van der Waals surface area contributed by atoms with E-state index in [-0.39, 0.29) is 12.2 Å². The average molecular weight is 260 g/mol. The lowest BCUT2D eigenvalue weighted by atomic mass is 10.2. The first kappa shape index (κ1) is 14.2. The van der Waals surface area contributed by atoms with E-state index in [0.29, 0.717) is 6.04 Å². The molecule has 1 aromatic heterocycles. The highest BCUT2D eigenvalue weighted by atomic mass is 32.2. The predicted octanol–water partition coefficient (Wildman–Crippen LogP) is 0.802. The van der Waals surface area contributed by atoms with E-state index in [2.05, 4.69) is 18.9 Å². The number of aromatic nitrogens is 2. The summed E-state index contributed by atoms with van der Waals surface area (Å²) in [7, 11) is -3.14. The molecular formula is C11H20N2O3S. The van der Waals surface area contributed by atoms with Crippen LogP contribution in [-0.2, 0) is 16.3 Å². The van der Waals surface area contributed by atoms with Gasteiger partial charge >= 0.3 is 0 Å². The molecule has 1 heterocycles. The molecule has 0 aliphatic heterocycles. The molecule has 0 spiro atoms. The Bertz CT molecular complexity index is 453. The first-order valence-corrected chi connectivity index (χ1v) is 7.77. The number of rotatable bonds is 6. The third-order valence-corrected chi connectivity index (χ3v) is 3.64. The third kappa shape index (κ3) is 4.87. The van der Waals surface area contributed by atoms with Crippen LogP contribution in [0.15, 0.2) is 12.3 Å². The smallest absolute Gasteiger partial charge is 0.150 e.